The molecule has 0 fully saturated rings. The number of nitrogens with one attached hydrogen (secondary N) is 2. The van der Waals surface area contributed by atoms with Gasteiger partial charge in [0.05, 0.1) is 17.9 Å². The highest BCUT2D eigenvalue weighted by atomic mass is 16.3. The van der Waals surface area contributed by atoms with Gasteiger partial charge in [0, 0.05) is 29.6 Å². The van der Waals surface area contributed by atoms with Crippen LogP contribution in [0.25, 0.3) is 11.0 Å². The normalized spacial score (nSPS) is 14.0. The maximum atomic E-state index is 12.7. The summed E-state index contributed by atoms with van der Waals surface area (Å²) in [4.78, 5) is 14.5. The van der Waals surface area contributed by atoms with Crippen LogP contribution in [0.3, 0.4) is 0 Å². The van der Waals surface area contributed by atoms with E-state index in [9.17, 15) is 4.79 Å². The minimum absolute atomic E-state index is 0.106. The Hall–Kier alpha value is -2.76. The van der Waals surface area contributed by atoms with E-state index in [-0.39, 0.29) is 6.03 Å². The fourth-order valence-corrected chi connectivity index (χ4v) is 3.30. The predicted molar refractivity (Wildman–Crippen MR) is 92.0 cm³/mol. The number of nitrogens with zero attached hydrogens (tertiary/aromatic N) is 2. The molecule has 6 nitrogen and oxygen atoms in total. The summed E-state index contributed by atoms with van der Waals surface area (Å²) in [6.45, 7) is 5.25. The van der Waals surface area contributed by atoms with Crippen molar-refractivity contribution < 1.29 is 9.21 Å². The van der Waals surface area contributed by atoms with Gasteiger partial charge in [-0.3, -0.25) is 5.10 Å². The quantitative estimate of drug-likeness (QED) is 0.756. The lowest BCUT2D eigenvalue weighted by Crippen LogP contribution is -2.39. The molecule has 3 aromatic rings. The number of urea groups is 1. The number of carbonyl (C=O) groups is 1. The molecule has 6 heteroatoms. The third-order valence-corrected chi connectivity index (χ3v) is 4.55. The largest absolute Gasteiger partial charge is 0.459 e. The highest BCUT2D eigenvalue weighted by Crippen LogP contribution is 2.27. The van der Waals surface area contributed by atoms with Gasteiger partial charge in [-0.15, -0.1) is 0 Å². The van der Waals surface area contributed by atoms with Crippen molar-refractivity contribution in [2.45, 2.75) is 33.2 Å². The van der Waals surface area contributed by atoms with Crippen LogP contribution in [0.15, 0.2) is 28.7 Å². The molecule has 3 heterocycles. The average Bonchev–Trinajstić information content (AvgIpc) is 3.16. The van der Waals surface area contributed by atoms with Gasteiger partial charge in [0.1, 0.15) is 5.76 Å². The van der Waals surface area contributed by atoms with E-state index in [2.05, 4.69) is 22.4 Å². The van der Waals surface area contributed by atoms with Crippen molar-refractivity contribution in [3.63, 3.8) is 0 Å². The zero-order valence-corrected chi connectivity index (χ0v) is 13.8. The van der Waals surface area contributed by atoms with Gasteiger partial charge >= 0.3 is 6.03 Å². The minimum Gasteiger partial charge on any atom is -0.459 e. The van der Waals surface area contributed by atoms with Gasteiger partial charge < -0.3 is 14.6 Å². The molecule has 1 aliphatic heterocycles. The zero-order valence-electron chi connectivity index (χ0n) is 13.8. The zero-order chi connectivity index (χ0) is 16.7. The molecule has 1 aliphatic rings. The summed E-state index contributed by atoms with van der Waals surface area (Å²) >= 11 is 0. The van der Waals surface area contributed by atoms with Crippen molar-refractivity contribution in [1.29, 1.82) is 0 Å². The second kappa shape index (κ2) is 5.70. The number of aromatic nitrogens is 2. The number of hydrogen-bond donors (Lipinski definition) is 2. The number of furan rings is 1. The lowest BCUT2D eigenvalue weighted by Gasteiger charge is -2.27. The van der Waals surface area contributed by atoms with Crippen LogP contribution in [-0.4, -0.2) is 27.7 Å². The number of hydrogen-bond acceptors (Lipinski definition) is 3. The van der Waals surface area contributed by atoms with Crippen molar-refractivity contribution in [3.8, 4) is 0 Å². The SMILES string of the molecule is CCc1n[nH]c2c1CN(C(=O)Nc1cccc3cc(C)oc13)CC2. The molecule has 0 unspecified atom stereocenters. The molecule has 124 valence electrons. The van der Waals surface area contributed by atoms with Crippen LogP contribution in [0.2, 0.25) is 0 Å². The number of anilines is 1. The molecule has 2 aromatic heterocycles. The van der Waals surface area contributed by atoms with Gasteiger partial charge in [-0.2, -0.15) is 5.10 Å². The van der Waals surface area contributed by atoms with E-state index in [0.29, 0.717) is 18.8 Å². The molecule has 24 heavy (non-hydrogen) atoms. The summed E-state index contributed by atoms with van der Waals surface area (Å²) < 4.78 is 5.72. The van der Waals surface area contributed by atoms with Gasteiger partial charge in [-0.05, 0) is 25.5 Å². The summed E-state index contributed by atoms with van der Waals surface area (Å²) in [5, 5.41) is 11.4. The van der Waals surface area contributed by atoms with Crippen LogP contribution in [0.1, 0.15) is 29.6 Å². The maximum absolute atomic E-state index is 12.7. The van der Waals surface area contributed by atoms with Crippen LogP contribution in [0.5, 0.6) is 0 Å². The Morgan fingerprint density at radius 3 is 3.17 bits per heavy atom. The highest BCUT2D eigenvalue weighted by Gasteiger charge is 2.25. The van der Waals surface area contributed by atoms with Crippen molar-refractivity contribution in [2.24, 2.45) is 0 Å². The van der Waals surface area contributed by atoms with E-state index in [1.807, 2.05) is 36.1 Å². The third kappa shape index (κ3) is 2.44. The molecule has 2 amide bonds. The molecule has 2 N–H and O–H groups in total. The van der Waals surface area contributed by atoms with Crippen molar-refractivity contribution in [1.82, 2.24) is 15.1 Å². The molecule has 4 rings (SSSR count). The van der Waals surface area contributed by atoms with Gasteiger partial charge in [0.25, 0.3) is 0 Å². The monoisotopic (exact) mass is 324 g/mol. The van der Waals surface area contributed by atoms with E-state index >= 15 is 0 Å². The number of aromatic amines is 1. The third-order valence-electron chi connectivity index (χ3n) is 4.55. The number of benzene rings is 1. The minimum atomic E-state index is -0.106. The van der Waals surface area contributed by atoms with Crippen LogP contribution in [0, 0.1) is 6.92 Å². The number of H-pyrrole nitrogens is 1. The van der Waals surface area contributed by atoms with E-state index in [0.717, 1.165) is 46.5 Å². The smallest absolute Gasteiger partial charge is 0.322 e. The molecule has 0 spiro atoms. The van der Waals surface area contributed by atoms with Crippen molar-refractivity contribution in [3.05, 3.63) is 47.0 Å². The first-order valence-corrected chi connectivity index (χ1v) is 8.25. The molecule has 0 aliphatic carbocycles. The van der Waals surface area contributed by atoms with Gasteiger partial charge in [-0.1, -0.05) is 19.1 Å². The highest BCUT2D eigenvalue weighted by molar-refractivity contribution is 5.99. The second-order valence-electron chi connectivity index (χ2n) is 6.16. The van der Waals surface area contributed by atoms with E-state index in [1.165, 1.54) is 0 Å². The van der Waals surface area contributed by atoms with Crippen LogP contribution in [-0.2, 0) is 19.4 Å². The first-order chi connectivity index (χ1) is 11.7. The number of para-hydroxylation sites is 1. The van der Waals surface area contributed by atoms with Crippen molar-refractivity contribution >= 4 is 22.7 Å². The van der Waals surface area contributed by atoms with Crippen LogP contribution < -0.4 is 5.32 Å². The Morgan fingerprint density at radius 2 is 2.33 bits per heavy atom. The molecule has 0 atom stereocenters. The predicted octanol–water partition coefficient (Wildman–Crippen LogP) is 3.62. The molecule has 0 bridgehead atoms. The maximum Gasteiger partial charge on any atom is 0.322 e. The molecular formula is C18H20N4O2. The standard InChI is InChI=1S/C18H20N4O2/c1-3-14-13-10-22(8-7-15(13)21-20-14)18(23)19-16-6-4-5-12-9-11(2)24-17(12)16/h4-6,9H,3,7-8,10H2,1-2H3,(H,19,23)(H,20,21). The Balaban J connectivity index is 1.56. The molecule has 0 saturated heterocycles. The molecule has 1 aromatic carbocycles. The Kier molecular flexibility index (Phi) is 3.52. The number of aryl methyl sites for hydroxylation is 2. The van der Waals surface area contributed by atoms with E-state index in [1.54, 1.807) is 0 Å². The van der Waals surface area contributed by atoms with Crippen LogP contribution >= 0.6 is 0 Å². The van der Waals surface area contributed by atoms with Gasteiger partial charge in [0.15, 0.2) is 5.58 Å². The summed E-state index contributed by atoms with van der Waals surface area (Å²) in [5.41, 5.74) is 4.79. The second-order valence-corrected chi connectivity index (χ2v) is 6.16. The Labute approximate surface area is 139 Å². The first kappa shape index (κ1) is 14.8. The molecule has 0 saturated carbocycles. The number of amides is 2. The summed E-state index contributed by atoms with van der Waals surface area (Å²) in [6.07, 6.45) is 1.67. The van der Waals surface area contributed by atoms with E-state index in [4.69, 9.17) is 4.42 Å². The van der Waals surface area contributed by atoms with Crippen LogP contribution in [0.4, 0.5) is 10.5 Å². The summed E-state index contributed by atoms with van der Waals surface area (Å²) in [7, 11) is 0. The van der Waals surface area contributed by atoms with Crippen molar-refractivity contribution in [2.75, 3.05) is 11.9 Å². The Morgan fingerprint density at radius 1 is 1.46 bits per heavy atom. The fourth-order valence-electron chi connectivity index (χ4n) is 3.30. The van der Waals surface area contributed by atoms with E-state index < -0.39 is 0 Å². The summed E-state index contributed by atoms with van der Waals surface area (Å²) in [6, 6.07) is 7.64. The topological polar surface area (TPSA) is 74.2 Å². The summed E-state index contributed by atoms with van der Waals surface area (Å²) in [5.74, 6) is 0.834. The molecule has 0 radical (unpaired) electrons. The average molecular weight is 324 g/mol. The fraction of sp³-hybridized carbons (Fsp3) is 0.333. The lowest BCUT2D eigenvalue weighted by molar-refractivity contribution is 0.206. The number of rotatable bonds is 2. The lowest BCUT2D eigenvalue weighted by atomic mass is 10.0. The number of fused-ring (bicyclic) bond motifs is 2. The van der Waals surface area contributed by atoms with Gasteiger partial charge in [-0.25, -0.2) is 4.79 Å². The van der Waals surface area contributed by atoms with Gasteiger partial charge in [0.2, 0.25) is 0 Å². The Bertz CT molecular complexity index is 896. The molecular weight excluding hydrogens is 304 g/mol. The first-order valence-electron chi connectivity index (χ1n) is 8.25. The number of carbonyl (C=O) groups excluding carboxylic acids is 1.